The normalized spacial score (nSPS) is 24.1. The van der Waals surface area contributed by atoms with Gasteiger partial charge in [0.2, 0.25) is 0 Å². The summed E-state index contributed by atoms with van der Waals surface area (Å²) in [5.74, 6) is -3.79. The molecule has 2 aromatic heterocycles. The van der Waals surface area contributed by atoms with Crippen LogP contribution >= 0.6 is 11.6 Å². The fourth-order valence-corrected chi connectivity index (χ4v) is 7.14. The third kappa shape index (κ3) is 4.91. The van der Waals surface area contributed by atoms with Gasteiger partial charge in [0.15, 0.2) is 11.4 Å². The monoisotopic (exact) mass is 619 g/mol. The van der Waals surface area contributed by atoms with Crippen molar-refractivity contribution in [3.05, 3.63) is 34.6 Å². The van der Waals surface area contributed by atoms with E-state index >= 15 is 4.39 Å². The third-order valence-corrected chi connectivity index (χ3v) is 9.07. The van der Waals surface area contributed by atoms with Crippen molar-refractivity contribution in [1.82, 2.24) is 25.2 Å². The highest BCUT2D eigenvalue weighted by Crippen LogP contribution is 2.44. The first kappa shape index (κ1) is 28.4. The molecule has 0 unspecified atom stereocenters. The quantitative estimate of drug-likeness (QED) is 0.295. The SMILES string of the molecule is Cc1ccc2oc(N)nc2c1-c1c(Cl)cc2c(N3CCNCC(F)(F)C3)nc(OC[C@@]34CCCN3C[C@H](F)C4)nc2c1F. The number of rotatable bonds is 5. The van der Waals surface area contributed by atoms with Crippen molar-refractivity contribution in [3.63, 3.8) is 0 Å². The van der Waals surface area contributed by atoms with Crippen molar-refractivity contribution in [2.24, 2.45) is 0 Å². The second-order valence-electron chi connectivity index (χ2n) is 11.7. The summed E-state index contributed by atoms with van der Waals surface area (Å²) >= 11 is 6.75. The Hall–Kier alpha value is -3.42. The van der Waals surface area contributed by atoms with Gasteiger partial charge < -0.3 is 25.1 Å². The Balaban J connectivity index is 1.39. The topological polar surface area (TPSA) is 106 Å². The van der Waals surface area contributed by atoms with Crippen LogP contribution in [0.15, 0.2) is 22.6 Å². The van der Waals surface area contributed by atoms with Crippen LogP contribution in [-0.4, -0.2) is 83.4 Å². The fraction of sp³-hybridized carbons (Fsp3) is 0.483. The number of nitrogens with zero attached hydrogens (tertiary/aromatic N) is 5. The number of hydrogen-bond donors (Lipinski definition) is 2. The molecule has 0 saturated carbocycles. The van der Waals surface area contributed by atoms with E-state index in [1.54, 1.807) is 19.1 Å². The number of benzene rings is 2. The molecule has 3 N–H and O–H groups in total. The van der Waals surface area contributed by atoms with E-state index in [1.807, 2.05) is 0 Å². The molecule has 9 nitrogen and oxygen atoms in total. The van der Waals surface area contributed by atoms with Crippen molar-refractivity contribution in [2.45, 2.75) is 43.8 Å². The molecular weight excluding hydrogens is 590 g/mol. The smallest absolute Gasteiger partial charge is 0.319 e. The number of nitrogen functional groups attached to an aromatic ring is 1. The summed E-state index contributed by atoms with van der Waals surface area (Å²) in [7, 11) is 0. The number of anilines is 2. The molecule has 0 radical (unpaired) electrons. The first-order valence-electron chi connectivity index (χ1n) is 14.2. The molecule has 0 spiro atoms. The second-order valence-corrected chi connectivity index (χ2v) is 12.2. The number of aryl methyl sites for hydroxylation is 1. The number of ether oxygens (including phenoxy) is 1. The highest BCUT2D eigenvalue weighted by molar-refractivity contribution is 6.35. The number of oxazole rings is 1. The Kier molecular flexibility index (Phi) is 6.82. The van der Waals surface area contributed by atoms with E-state index in [4.69, 9.17) is 26.5 Å². The van der Waals surface area contributed by atoms with Gasteiger partial charge in [0.05, 0.1) is 23.7 Å². The Morgan fingerprint density at radius 3 is 2.86 bits per heavy atom. The molecule has 3 saturated heterocycles. The lowest BCUT2D eigenvalue weighted by atomic mass is 9.95. The van der Waals surface area contributed by atoms with Gasteiger partial charge in [-0.05, 0) is 44.0 Å². The zero-order valence-electron chi connectivity index (χ0n) is 23.4. The lowest BCUT2D eigenvalue weighted by Gasteiger charge is -2.31. The van der Waals surface area contributed by atoms with Crippen LogP contribution in [0.25, 0.3) is 33.1 Å². The largest absolute Gasteiger partial charge is 0.461 e. The fourth-order valence-electron chi connectivity index (χ4n) is 6.85. The summed E-state index contributed by atoms with van der Waals surface area (Å²) in [6.45, 7) is 2.25. The van der Waals surface area contributed by atoms with Gasteiger partial charge in [-0.3, -0.25) is 4.90 Å². The number of fused-ring (bicyclic) bond motifs is 3. The molecule has 2 atom stereocenters. The van der Waals surface area contributed by atoms with E-state index in [9.17, 15) is 13.2 Å². The zero-order chi connectivity index (χ0) is 30.1. The molecule has 43 heavy (non-hydrogen) atoms. The zero-order valence-corrected chi connectivity index (χ0v) is 24.2. The second kappa shape index (κ2) is 10.3. The Morgan fingerprint density at radius 1 is 1.19 bits per heavy atom. The Labute approximate surface area is 249 Å². The van der Waals surface area contributed by atoms with E-state index in [0.717, 1.165) is 19.4 Å². The molecule has 0 amide bonds. The summed E-state index contributed by atoms with van der Waals surface area (Å²) < 4.78 is 72.1. The third-order valence-electron chi connectivity index (χ3n) is 8.77. The molecule has 0 aliphatic carbocycles. The van der Waals surface area contributed by atoms with Crippen molar-refractivity contribution < 1.29 is 26.7 Å². The molecule has 14 heteroatoms. The van der Waals surface area contributed by atoms with Crippen molar-refractivity contribution in [3.8, 4) is 17.1 Å². The van der Waals surface area contributed by atoms with Crippen LogP contribution in [0.3, 0.4) is 0 Å². The number of aromatic nitrogens is 3. The van der Waals surface area contributed by atoms with Gasteiger partial charge in [0.1, 0.15) is 29.6 Å². The van der Waals surface area contributed by atoms with Gasteiger partial charge in [-0.2, -0.15) is 15.0 Å². The molecule has 3 aliphatic heterocycles. The van der Waals surface area contributed by atoms with Gasteiger partial charge >= 0.3 is 6.01 Å². The van der Waals surface area contributed by atoms with Gasteiger partial charge in [0, 0.05) is 42.6 Å². The summed E-state index contributed by atoms with van der Waals surface area (Å²) in [5, 5.41) is 2.91. The molecular formula is C29H30ClF4N7O2. The van der Waals surface area contributed by atoms with Gasteiger partial charge in [-0.1, -0.05) is 17.7 Å². The lowest BCUT2D eigenvalue weighted by molar-refractivity contribution is 0.0156. The minimum Gasteiger partial charge on any atom is -0.461 e. The van der Waals surface area contributed by atoms with Crippen LogP contribution in [0.5, 0.6) is 6.01 Å². The highest BCUT2D eigenvalue weighted by Gasteiger charge is 2.49. The number of alkyl halides is 3. The molecule has 3 fully saturated rings. The summed E-state index contributed by atoms with van der Waals surface area (Å²) in [4.78, 5) is 16.7. The predicted octanol–water partition coefficient (Wildman–Crippen LogP) is 5.12. The molecule has 228 valence electrons. The van der Waals surface area contributed by atoms with Crippen LogP contribution in [0.4, 0.5) is 29.4 Å². The highest BCUT2D eigenvalue weighted by atomic mass is 35.5. The predicted molar refractivity (Wildman–Crippen MR) is 155 cm³/mol. The van der Waals surface area contributed by atoms with Crippen molar-refractivity contribution in [1.29, 1.82) is 0 Å². The van der Waals surface area contributed by atoms with Gasteiger partial charge in [-0.25, -0.2) is 17.6 Å². The van der Waals surface area contributed by atoms with E-state index in [1.165, 1.54) is 11.0 Å². The number of hydrogen-bond acceptors (Lipinski definition) is 9. The molecule has 3 aliphatic rings. The Bertz CT molecular complexity index is 1740. The summed E-state index contributed by atoms with van der Waals surface area (Å²) in [5.41, 5.74) is 6.86. The maximum atomic E-state index is 16.7. The lowest BCUT2D eigenvalue weighted by Crippen LogP contribution is -2.43. The van der Waals surface area contributed by atoms with Crippen LogP contribution in [0.1, 0.15) is 24.8 Å². The first-order chi connectivity index (χ1) is 20.5. The standard InChI is InChI=1S/C29H30ClF4N7O2/c1-15-3-4-19-24(37-26(35)43-19)20(15)21-18(30)9-17-23(22(21)32)38-27(39-25(17)40-8-6-36-12-29(33,34)13-40)42-14-28-5-2-7-41(28)11-16(31)10-28/h3-4,9,16,36H,2,5-8,10-14H2,1H3,(H2,35,37)/t16-,28+/m1/s1. The van der Waals surface area contributed by atoms with Gasteiger partial charge in [0.25, 0.3) is 11.9 Å². The molecule has 0 bridgehead atoms. The van der Waals surface area contributed by atoms with E-state index < -0.39 is 36.5 Å². The maximum Gasteiger partial charge on any atom is 0.319 e. The van der Waals surface area contributed by atoms with E-state index in [0.29, 0.717) is 35.2 Å². The number of halogens is 5. The summed E-state index contributed by atoms with van der Waals surface area (Å²) in [6, 6.07) is 4.63. The average Bonchev–Trinajstić information content (AvgIpc) is 3.56. The van der Waals surface area contributed by atoms with Crippen LogP contribution in [0, 0.1) is 12.7 Å². The van der Waals surface area contributed by atoms with Crippen molar-refractivity contribution >= 4 is 45.4 Å². The molecule has 4 aromatic rings. The van der Waals surface area contributed by atoms with Crippen LogP contribution < -0.4 is 20.7 Å². The molecule has 2 aromatic carbocycles. The van der Waals surface area contributed by atoms with E-state index in [2.05, 4.69) is 25.2 Å². The van der Waals surface area contributed by atoms with Crippen LogP contribution in [-0.2, 0) is 0 Å². The van der Waals surface area contributed by atoms with Gasteiger partial charge in [-0.15, -0.1) is 0 Å². The number of nitrogens with two attached hydrogens (primary N) is 1. The number of nitrogens with one attached hydrogen (secondary N) is 1. The first-order valence-corrected chi connectivity index (χ1v) is 14.6. The van der Waals surface area contributed by atoms with Crippen molar-refractivity contribution in [2.75, 3.05) is 56.5 Å². The summed E-state index contributed by atoms with van der Waals surface area (Å²) in [6.07, 6.45) is 0.998. The Morgan fingerprint density at radius 2 is 2.02 bits per heavy atom. The van der Waals surface area contributed by atoms with Crippen LogP contribution in [0.2, 0.25) is 5.02 Å². The minimum absolute atomic E-state index is 0.0145. The van der Waals surface area contributed by atoms with E-state index in [-0.39, 0.29) is 59.0 Å². The average molecular weight is 620 g/mol. The molecule has 7 rings (SSSR count). The minimum atomic E-state index is -3.07. The maximum absolute atomic E-state index is 16.7. The molecule has 5 heterocycles.